The summed E-state index contributed by atoms with van der Waals surface area (Å²) in [6, 6.07) is 8.18. The Bertz CT molecular complexity index is 1200. The zero-order valence-corrected chi connectivity index (χ0v) is 19.6. The van der Waals surface area contributed by atoms with Crippen molar-refractivity contribution in [3.8, 4) is 0 Å². The molecule has 174 valence electrons. The van der Waals surface area contributed by atoms with Crippen LogP contribution in [-0.2, 0) is 16.1 Å². The van der Waals surface area contributed by atoms with Crippen LogP contribution in [0.1, 0.15) is 34.5 Å². The molecule has 0 bridgehead atoms. The van der Waals surface area contributed by atoms with Crippen molar-refractivity contribution >= 4 is 28.8 Å². The Balaban J connectivity index is 1.58. The van der Waals surface area contributed by atoms with Gasteiger partial charge < -0.3 is 25.0 Å². The maximum absolute atomic E-state index is 12.9. The number of likely N-dealkylation sites (tertiary alicyclic amines) is 1. The number of nitrogens with one attached hydrogen (secondary N) is 2. The van der Waals surface area contributed by atoms with Crippen molar-refractivity contribution in [2.75, 3.05) is 30.3 Å². The summed E-state index contributed by atoms with van der Waals surface area (Å²) in [6.07, 6.45) is 2.47. The fraction of sp³-hybridized carbons (Fsp3) is 0.400. The van der Waals surface area contributed by atoms with E-state index in [4.69, 9.17) is 10.1 Å². The van der Waals surface area contributed by atoms with Gasteiger partial charge in [0.1, 0.15) is 6.61 Å². The summed E-state index contributed by atoms with van der Waals surface area (Å²) >= 11 is 0. The first-order valence-corrected chi connectivity index (χ1v) is 11.3. The van der Waals surface area contributed by atoms with E-state index in [2.05, 4.69) is 42.7 Å². The summed E-state index contributed by atoms with van der Waals surface area (Å²) in [7, 11) is 0. The molecular formula is C25H31N5O3. The normalized spacial score (nSPS) is 15.8. The molecule has 0 unspecified atom stereocenters. The van der Waals surface area contributed by atoms with Crippen molar-refractivity contribution in [3.05, 3.63) is 58.5 Å². The van der Waals surface area contributed by atoms with Crippen molar-refractivity contribution < 1.29 is 14.7 Å². The number of imidazole rings is 1. The van der Waals surface area contributed by atoms with Crippen molar-refractivity contribution in [2.24, 2.45) is 5.92 Å². The maximum Gasteiger partial charge on any atom is 0.248 e. The van der Waals surface area contributed by atoms with Crippen LogP contribution in [0.3, 0.4) is 0 Å². The van der Waals surface area contributed by atoms with E-state index in [-0.39, 0.29) is 17.7 Å². The first-order valence-electron chi connectivity index (χ1n) is 11.3. The van der Waals surface area contributed by atoms with Crippen LogP contribution in [-0.4, -0.2) is 50.9 Å². The molecule has 1 aliphatic heterocycles. The molecule has 8 nitrogen and oxygen atoms in total. The Kier molecular flexibility index (Phi) is 6.37. The quantitative estimate of drug-likeness (QED) is 0.537. The van der Waals surface area contributed by atoms with Gasteiger partial charge in [-0.05, 0) is 56.9 Å². The minimum Gasteiger partial charge on any atom is -0.387 e. The number of carbonyl (C=O) groups excluding carboxylic acids is 2. The van der Waals surface area contributed by atoms with Crippen LogP contribution < -0.4 is 10.6 Å². The van der Waals surface area contributed by atoms with E-state index in [1.165, 1.54) is 21.6 Å². The molecule has 0 saturated carbocycles. The van der Waals surface area contributed by atoms with E-state index in [0.29, 0.717) is 31.7 Å². The fourth-order valence-electron chi connectivity index (χ4n) is 4.43. The van der Waals surface area contributed by atoms with E-state index >= 15 is 0 Å². The van der Waals surface area contributed by atoms with Gasteiger partial charge in [-0.2, -0.15) is 0 Å². The second kappa shape index (κ2) is 9.23. The topological polar surface area (TPSA) is 99.0 Å². The van der Waals surface area contributed by atoms with Crippen LogP contribution in [0.2, 0.25) is 0 Å². The van der Waals surface area contributed by atoms with Gasteiger partial charge in [0.2, 0.25) is 11.8 Å². The molecule has 8 heteroatoms. The standard InChI is InChI=1S/C25H31N5O3/c1-15-6-5-7-16(2)21(15)11-26-22-10-20(13-30-18(4)17(3)27-24(22)30)28-25(33)19-8-9-29(12-19)23(32)14-31/h5-7,10,13,19,26,31H,8-9,11-12,14H2,1-4H3,(H,28,33)/t19-/m0/s1. The highest BCUT2D eigenvalue weighted by Crippen LogP contribution is 2.27. The predicted molar refractivity (Wildman–Crippen MR) is 128 cm³/mol. The van der Waals surface area contributed by atoms with Gasteiger partial charge in [-0.15, -0.1) is 0 Å². The number of rotatable bonds is 6. The lowest BCUT2D eigenvalue weighted by atomic mass is 10.0. The molecule has 2 aromatic heterocycles. The van der Waals surface area contributed by atoms with Crippen molar-refractivity contribution in [3.63, 3.8) is 0 Å². The Labute approximate surface area is 193 Å². The monoisotopic (exact) mass is 449 g/mol. The first kappa shape index (κ1) is 22.8. The lowest BCUT2D eigenvalue weighted by Gasteiger charge is -2.16. The van der Waals surface area contributed by atoms with Crippen LogP contribution in [0.5, 0.6) is 0 Å². The number of hydrogen-bond acceptors (Lipinski definition) is 5. The van der Waals surface area contributed by atoms with Gasteiger partial charge in [0.05, 0.1) is 23.0 Å². The van der Waals surface area contributed by atoms with Gasteiger partial charge in [0, 0.05) is 31.5 Å². The van der Waals surface area contributed by atoms with Crippen LogP contribution in [0.4, 0.5) is 11.4 Å². The van der Waals surface area contributed by atoms with Crippen molar-refractivity contribution in [1.29, 1.82) is 0 Å². The summed E-state index contributed by atoms with van der Waals surface area (Å²) in [5.74, 6) is -0.764. The highest BCUT2D eigenvalue weighted by Gasteiger charge is 2.30. The average molecular weight is 450 g/mol. The van der Waals surface area contributed by atoms with Gasteiger partial charge in [-0.3, -0.25) is 9.59 Å². The molecule has 3 heterocycles. The third kappa shape index (κ3) is 4.57. The molecule has 2 amide bonds. The molecule has 3 aromatic rings. The molecule has 1 aliphatic rings. The number of hydrogen-bond donors (Lipinski definition) is 3. The second-order valence-electron chi connectivity index (χ2n) is 8.82. The fourth-order valence-corrected chi connectivity index (χ4v) is 4.43. The van der Waals surface area contributed by atoms with E-state index < -0.39 is 6.61 Å². The molecule has 1 aromatic carbocycles. The predicted octanol–water partition coefficient (Wildman–Crippen LogP) is 2.96. The molecule has 3 N–H and O–H groups in total. The number of carbonyl (C=O) groups is 2. The number of amides is 2. The largest absolute Gasteiger partial charge is 0.387 e. The lowest BCUT2D eigenvalue weighted by molar-refractivity contribution is -0.133. The third-order valence-corrected chi connectivity index (χ3v) is 6.61. The number of nitrogens with zero attached hydrogens (tertiary/aromatic N) is 3. The molecule has 33 heavy (non-hydrogen) atoms. The van der Waals surface area contributed by atoms with Gasteiger partial charge in [-0.1, -0.05) is 18.2 Å². The number of aromatic nitrogens is 2. The Morgan fingerprint density at radius 1 is 1.18 bits per heavy atom. The minimum atomic E-state index is -0.528. The molecule has 1 saturated heterocycles. The van der Waals surface area contributed by atoms with Crippen molar-refractivity contribution in [2.45, 2.75) is 40.7 Å². The number of aliphatic hydroxyl groups excluding tert-OH is 1. The highest BCUT2D eigenvalue weighted by molar-refractivity contribution is 5.94. The molecule has 1 atom stereocenters. The van der Waals surface area contributed by atoms with E-state index in [9.17, 15) is 9.59 Å². The van der Waals surface area contributed by atoms with E-state index in [1.807, 2.05) is 30.5 Å². The molecular weight excluding hydrogens is 418 g/mol. The zero-order chi connectivity index (χ0) is 23.7. The summed E-state index contributed by atoms with van der Waals surface area (Å²) in [4.78, 5) is 30.9. The zero-order valence-electron chi connectivity index (χ0n) is 19.6. The molecule has 0 spiro atoms. The highest BCUT2D eigenvalue weighted by atomic mass is 16.3. The van der Waals surface area contributed by atoms with Gasteiger partial charge in [0.15, 0.2) is 5.65 Å². The summed E-state index contributed by atoms with van der Waals surface area (Å²) in [5, 5.41) is 15.6. The molecule has 4 rings (SSSR count). The van der Waals surface area contributed by atoms with Crippen LogP contribution in [0.25, 0.3) is 5.65 Å². The SMILES string of the molecule is Cc1cccc(C)c1CNc1cc(NC(=O)[C@H]2CCN(C(=O)CO)C2)cn2c(C)c(C)nc12. The van der Waals surface area contributed by atoms with E-state index in [1.54, 1.807) is 0 Å². The average Bonchev–Trinajstić information content (AvgIpc) is 3.39. The van der Waals surface area contributed by atoms with Gasteiger partial charge >= 0.3 is 0 Å². The van der Waals surface area contributed by atoms with Crippen LogP contribution >= 0.6 is 0 Å². The number of pyridine rings is 1. The number of aliphatic hydroxyl groups is 1. The van der Waals surface area contributed by atoms with Gasteiger partial charge in [-0.25, -0.2) is 4.98 Å². The first-order chi connectivity index (χ1) is 15.8. The summed E-state index contributed by atoms with van der Waals surface area (Å²) < 4.78 is 1.99. The number of benzene rings is 1. The van der Waals surface area contributed by atoms with Gasteiger partial charge in [0.25, 0.3) is 0 Å². The Morgan fingerprint density at radius 3 is 2.61 bits per heavy atom. The van der Waals surface area contributed by atoms with Crippen LogP contribution in [0, 0.1) is 33.6 Å². The van der Waals surface area contributed by atoms with E-state index in [0.717, 1.165) is 22.7 Å². The Morgan fingerprint density at radius 2 is 1.91 bits per heavy atom. The molecule has 1 fully saturated rings. The van der Waals surface area contributed by atoms with Crippen molar-refractivity contribution in [1.82, 2.24) is 14.3 Å². The third-order valence-electron chi connectivity index (χ3n) is 6.61. The maximum atomic E-state index is 12.9. The summed E-state index contributed by atoms with van der Waals surface area (Å²) in [5.41, 5.74) is 7.96. The number of aryl methyl sites for hydroxylation is 4. The second-order valence-corrected chi connectivity index (χ2v) is 8.82. The van der Waals surface area contributed by atoms with Crippen LogP contribution in [0.15, 0.2) is 30.5 Å². The smallest absolute Gasteiger partial charge is 0.248 e. The Hall–Kier alpha value is -3.39. The number of anilines is 2. The number of fused-ring (bicyclic) bond motifs is 1. The molecule has 0 radical (unpaired) electrons. The molecule has 0 aliphatic carbocycles. The lowest BCUT2D eigenvalue weighted by Crippen LogP contribution is -2.33. The summed E-state index contributed by atoms with van der Waals surface area (Å²) in [6.45, 7) is 9.12. The minimum absolute atomic E-state index is 0.127.